The fourth-order valence-corrected chi connectivity index (χ4v) is 1.58. The van der Waals surface area contributed by atoms with Crippen LogP contribution in [0.1, 0.15) is 35.3 Å². The van der Waals surface area contributed by atoms with Crippen molar-refractivity contribution < 1.29 is 4.79 Å². The molecule has 1 rings (SSSR count). The van der Waals surface area contributed by atoms with E-state index in [0.717, 1.165) is 16.7 Å². The van der Waals surface area contributed by atoms with Crippen molar-refractivity contribution in [3.8, 4) is 0 Å². The summed E-state index contributed by atoms with van der Waals surface area (Å²) in [6.07, 6.45) is 0. The van der Waals surface area contributed by atoms with Gasteiger partial charge in [0.05, 0.1) is 5.38 Å². The van der Waals surface area contributed by atoms with E-state index in [4.69, 9.17) is 11.6 Å². The standard InChI is InChI=1S/C14H20ClNO/c1-9(2)13(15)8-16-14(17)12-7-10(3)5-6-11(12)4/h5-7,9,13H,8H2,1-4H3,(H,16,17). The highest BCUT2D eigenvalue weighted by Gasteiger charge is 2.13. The average Bonchev–Trinajstić information content (AvgIpc) is 2.28. The van der Waals surface area contributed by atoms with Crippen LogP contribution in [0.15, 0.2) is 18.2 Å². The van der Waals surface area contributed by atoms with Crippen LogP contribution in [0.3, 0.4) is 0 Å². The van der Waals surface area contributed by atoms with Crippen molar-refractivity contribution in [2.45, 2.75) is 33.1 Å². The van der Waals surface area contributed by atoms with Crippen LogP contribution >= 0.6 is 11.6 Å². The number of halogens is 1. The zero-order valence-electron chi connectivity index (χ0n) is 10.9. The van der Waals surface area contributed by atoms with Crippen LogP contribution in [0.4, 0.5) is 0 Å². The van der Waals surface area contributed by atoms with Crippen molar-refractivity contribution in [2.24, 2.45) is 5.92 Å². The molecule has 1 atom stereocenters. The van der Waals surface area contributed by atoms with E-state index in [1.807, 2.05) is 45.9 Å². The van der Waals surface area contributed by atoms with Crippen molar-refractivity contribution in [3.63, 3.8) is 0 Å². The minimum Gasteiger partial charge on any atom is -0.351 e. The summed E-state index contributed by atoms with van der Waals surface area (Å²) in [5.41, 5.74) is 2.81. The predicted molar refractivity (Wildman–Crippen MR) is 72.7 cm³/mol. The molecule has 17 heavy (non-hydrogen) atoms. The van der Waals surface area contributed by atoms with Gasteiger partial charge in [-0.1, -0.05) is 31.5 Å². The van der Waals surface area contributed by atoms with E-state index in [1.165, 1.54) is 0 Å². The Morgan fingerprint density at radius 2 is 2.00 bits per heavy atom. The number of carbonyl (C=O) groups is 1. The van der Waals surface area contributed by atoms with Crippen molar-refractivity contribution in [2.75, 3.05) is 6.54 Å². The summed E-state index contributed by atoms with van der Waals surface area (Å²) in [7, 11) is 0. The second-order valence-electron chi connectivity index (χ2n) is 4.79. The van der Waals surface area contributed by atoms with Gasteiger partial charge in [0.15, 0.2) is 0 Å². The molecule has 0 saturated heterocycles. The van der Waals surface area contributed by atoms with Gasteiger partial charge < -0.3 is 5.32 Å². The average molecular weight is 254 g/mol. The van der Waals surface area contributed by atoms with Crippen molar-refractivity contribution in [1.29, 1.82) is 0 Å². The summed E-state index contributed by atoms with van der Waals surface area (Å²) < 4.78 is 0. The number of rotatable bonds is 4. The highest BCUT2D eigenvalue weighted by Crippen LogP contribution is 2.12. The van der Waals surface area contributed by atoms with Gasteiger partial charge in [-0.05, 0) is 31.4 Å². The molecule has 0 saturated carbocycles. The van der Waals surface area contributed by atoms with Gasteiger partial charge in [0.25, 0.3) is 5.91 Å². The normalized spacial score (nSPS) is 12.6. The summed E-state index contributed by atoms with van der Waals surface area (Å²) in [5.74, 6) is 0.313. The largest absolute Gasteiger partial charge is 0.351 e. The molecule has 0 heterocycles. The topological polar surface area (TPSA) is 29.1 Å². The molecule has 1 aromatic carbocycles. The lowest BCUT2D eigenvalue weighted by Gasteiger charge is -2.15. The summed E-state index contributed by atoms with van der Waals surface area (Å²) in [6, 6.07) is 5.87. The van der Waals surface area contributed by atoms with Crippen molar-refractivity contribution in [1.82, 2.24) is 5.32 Å². The number of alkyl halides is 1. The minimum absolute atomic E-state index is 0.0240. The SMILES string of the molecule is Cc1ccc(C)c(C(=O)NCC(Cl)C(C)C)c1. The van der Waals surface area contributed by atoms with E-state index < -0.39 is 0 Å². The Morgan fingerprint density at radius 1 is 1.35 bits per heavy atom. The number of hydrogen-bond donors (Lipinski definition) is 1. The number of carbonyl (C=O) groups excluding carboxylic acids is 1. The summed E-state index contributed by atoms with van der Waals surface area (Å²) >= 11 is 6.10. The maximum Gasteiger partial charge on any atom is 0.251 e. The fraction of sp³-hybridized carbons (Fsp3) is 0.500. The smallest absolute Gasteiger partial charge is 0.251 e. The molecule has 2 nitrogen and oxygen atoms in total. The first kappa shape index (κ1) is 14.0. The van der Waals surface area contributed by atoms with Crippen LogP contribution in [-0.2, 0) is 0 Å². The molecule has 3 heteroatoms. The molecule has 94 valence electrons. The van der Waals surface area contributed by atoms with E-state index in [1.54, 1.807) is 0 Å². The van der Waals surface area contributed by atoms with Gasteiger partial charge in [0.2, 0.25) is 0 Å². The van der Waals surface area contributed by atoms with E-state index >= 15 is 0 Å². The third-order valence-electron chi connectivity index (χ3n) is 2.82. The number of hydrogen-bond acceptors (Lipinski definition) is 1. The van der Waals surface area contributed by atoms with Crippen LogP contribution < -0.4 is 5.32 Å². The first-order valence-corrected chi connectivity index (χ1v) is 6.35. The van der Waals surface area contributed by atoms with E-state index in [2.05, 4.69) is 5.32 Å². The molecule has 0 spiro atoms. The Kier molecular flexibility index (Phi) is 5.01. The molecule has 1 N–H and O–H groups in total. The van der Waals surface area contributed by atoms with Gasteiger partial charge in [0.1, 0.15) is 0 Å². The molecule has 0 aliphatic carbocycles. The summed E-state index contributed by atoms with van der Waals surface area (Å²) in [6.45, 7) is 8.51. The third kappa shape index (κ3) is 4.04. The summed E-state index contributed by atoms with van der Waals surface area (Å²) in [5, 5.41) is 2.85. The summed E-state index contributed by atoms with van der Waals surface area (Å²) in [4.78, 5) is 12.0. The lowest BCUT2D eigenvalue weighted by Crippen LogP contribution is -2.32. The fourth-order valence-electron chi connectivity index (χ4n) is 1.50. The molecule has 1 amide bonds. The van der Waals surface area contributed by atoms with Crippen LogP contribution in [0.5, 0.6) is 0 Å². The maximum absolute atomic E-state index is 12.0. The van der Waals surface area contributed by atoms with Gasteiger partial charge in [-0.3, -0.25) is 4.79 Å². The van der Waals surface area contributed by atoms with Crippen LogP contribution in [0.2, 0.25) is 0 Å². The van der Waals surface area contributed by atoms with Crippen LogP contribution in [0, 0.1) is 19.8 Å². The van der Waals surface area contributed by atoms with Crippen molar-refractivity contribution >= 4 is 17.5 Å². The second-order valence-corrected chi connectivity index (χ2v) is 5.35. The number of amides is 1. The van der Waals surface area contributed by atoms with Crippen LogP contribution in [-0.4, -0.2) is 17.8 Å². The molecule has 0 aliphatic rings. The Morgan fingerprint density at radius 3 is 2.59 bits per heavy atom. The predicted octanol–water partition coefficient (Wildman–Crippen LogP) is 3.30. The molecule has 0 aromatic heterocycles. The van der Waals surface area contributed by atoms with Crippen molar-refractivity contribution in [3.05, 3.63) is 34.9 Å². The third-order valence-corrected chi connectivity index (χ3v) is 3.48. The van der Waals surface area contributed by atoms with Gasteiger partial charge >= 0.3 is 0 Å². The lowest BCUT2D eigenvalue weighted by molar-refractivity contribution is 0.0951. The Bertz CT molecular complexity index is 401. The molecule has 1 unspecified atom stereocenters. The monoisotopic (exact) mass is 253 g/mol. The van der Waals surface area contributed by atoms with Gasteiger partial charge in [-0.15, -0.1) is 11.6 Å². The Balaban J connectivity index is 2.67. The first-order valence-electron chi connectivity index (χ1n) is 5.91. The molecular formula is C14H20ClNO. The minimum atomic E-state index is -0.0440. The van der Waals surface area contributed by atoms with Gasteiger partial charge in [-0.2, -0.15) is 0 Å². The van der Waals surface area contributed by atoms with E-state index in [0.29, 0.717) is 12.5 Å². The van der Waals surface area contributed by atoms with Gasteiger partial charge in [0, 0.05) is 12.1 Å². The zero-order valence-corrected chi connectivity index (χ0v) is 11.6. The van der Waals surface area contributed by atoms with Gasteiger partial charge in [-0.25, -0.2) is 0 Å². The quantitative estimate of drug-likeness (QED) is 0.820. The number of benzene rings is 1. The van der Waals surface area contributed by atoms with E-state index in [9.17, 15) is 4.79 Å². The highest BCUT2D eigenvalue weighted by molar-refractivity contribution is 6.21. The maximum atomic E-state index is 12.0. The first-order chi connectivity index (χ1) is 7.91. The number of aryl methyl sites for hydroxylation is 2. The second kappa shape index (κ2) is 6.06. The lowest BCUT2D eigenvalue weighted by atomic mass is 10.0. The van der Waals surface area contributed by atoms with Crippen LogP contribution in [0.25, 0.3) is 0 Å². The molecule has 0 fully saturated rings. The Hall–Kier alpha value is -1.02. The zero-order chi connectivity index (χ0) is 13.0. The molecule has 0 radical (unpaired) electrons. The molecule has 1 aromatic rings. The molecule has 0 aliphatic heterocycles. The highest BCUT2D eigenvalue weighted by atomic mass is 35.5. The Labute approximate surface area is 108 Å². The van der Waals surface area contributed by atoms with E-state index in [-0.39, 0.29) is 11.3 Å². The number of nitrogens with one attached hydrogen (secondary N) is 1. The molecule has 0 bridgehead atoms. The molecular weight excluding hydrogens is 234 g/mol.